The Bertz CT molecular complexity index is 468. The van der Waals surface area contributed by atoms with Crippen LogP contribution in [0.25, 0.3) is 0 Å². The largest absolute Gasteiger partial charge is 0.305 e. The van der Waals surface area contributed by atoms with Gasteiger partial charge in [0.15, 0.2) is 0 Å². The third kappa shape index (κ3) is 3.36. The predicted molar refractivity (Wildman–Crippen MR) is 68.5 cm³/mol. The number of hydrogen-bond acceptors (Lipinski definition) is 3. The van der Waals surface area contributed by atoms with Crippen molar-refractivity contribution in [1.29, 1.82) is 0 Å². The monoisotopic (exact) mass is 227 g/mol. The Labute approximate surface area is 102 Å². The molecular weight excluding hydrogens is 210 g/mol. The van der Waals surface area contributed by atoms with Crippen molar-refractivity contribution in [1.82, 2.24) is 15.3 Å². The van der Waals surface area contributed by atoms with Gasteiger partial charge in [0.25, 0.3) is 0 Å². The first kappa shape index (κ1) is 11.7. The maximum absolute atomic E-state index is 4.24. The van der Waals surface area contributed by atoms with Gasteiger partial charge in [0.05, 0.1) is 5.69 Å². The number of nitrogens with zero attached hydrogens (tertiary/aromatic N) is 2. The van der Waals surface area contributed by atoms with Crippen LogP contribution in [0.4, 0.5) is 0 Å². The van der Waals surface area contributed by atoms with Gasteiger partial charge in [-0.2, -0.15) is 0 Å². The van der Waals surface area contributed by atoms with Gasteiger partial charge in [-0.1, -0.05) is 29.8 Å². The van der Waals surface area contributed by atoms with E-state index < -0.39 is 0 Å². The third-order valence-electron chi connectivity index (χ3n) is 2.75. The maximum atomic E-state index is 4.24. The molecule has 0 fully saturated rings. The molecule has 0 aliphatic rings. The van der Waals surface area contributed by atoms with Gasteiger partial charge in [0.1, 0.15) is 0 Å². The molecule has 0 unspecified atom stereocenters. The molecule has 0 radical (unpaired) electrons. The maximum Gasteiger partial charge on any atom is 0.0724 e. The molecule has 1 N–H and O–H groups in total. The van der Waals surface area contributed by atoms with Crippen LogP contribution in [0.3, 0.4) is 0 Å². The average molecular weight is 227 g/mol. The molecule has 3 nitrogen and oxygen atoms in total. The first-order valence-corrected chi connectivity index (χ1v) is 5.80. The lowest BCUT2D eigenvalue weighted by atomic mass is 10.1. The highest BCUT2D eigenvalue weighted by Crippen LogP contribution is 2.13. The van der Waals surface area contributed by atoms with Gasteiger partial charge in [-0.15, -0.1) is 0 Å². The van der Waals surface area contributed by atoms with Crippen LogP contribution >= 0.6 is 0 Å². The van der Waals surface area contributed by atoms with Crippen LogP contribution in [0.2, 0.25) is 0 Å². The SMILES string of the molecule is Cc1cccc([C@@H](C)NCc2cnccn2)c1. The molecule has 1 heterocycles. The highest BCUT2D eigenvalue weighted by Gasteiger charge is 2.04. The summed E-state index contributed by atoms with van der Waals surface area (Å²) in [6.07, 6.45) is 5.19. The van der Waals surface area contributed by atoms with Gasteiger partial charge < -0.3 is 5.32 Å². The van der Waals surface area contributed by atoms with Crippen molar-refractivity contribution < 1.29 is 0 Å². The van der Waals surface area contributed by atoms with Crippen LogP contribution in [0.1, 0.15) is 29.8 Å². The van der Waals surface area contributed by atoms with E-state index in [1.165, 1.54) is 11.1 Å². The smallest absolute Gasteiger partial charge is 0.0724 e. The lowest BCUT2D eigenvalue weighted by Crippen LogP contribution is -2.18. The minimum Gasteiger partial charge on any atom is -0.305 e. The van der Waals surface area contributed by atoms with Crippen LogP contribution < -0.4 is 5.32 Å². The molecule has 0 saturated heterocycles. The minimum absolute atomic E-state index is 0.317. The molecular formula is C14H17N3. The van der Waals surface area contributed by atoms with Gasteiger partial charge in [-0.25, -0.2) is 0 Å². The number of rotatable bonds is 4. The van der Waals surface area contributed by atoms with Gasteiger partial charge >= 0.3 is 0 Å². The van der Waals surface area contributed by atoms with E-state index in [0.29, 0.717) is 6.04 Å². The molecule has 88 valence electrons. The summed E-state index contributed by atoms with van der Waals surface area (Å²) < 4.78 is 0. The van der Waals surface area contributed by atoms with Crippen molar-refractivity contribution in [3.05, 3.63) is 59.7 Å². The molecule has 2 aromatic rings. The molecule has 1 aromatic carbocycles. The Morgan fingerprint density at radius 1 is 1.29 bits per heavy atom. The molecule has 0 amide bonds. The summed E-state index contributed by atoms with van der Waals surface area (Å²) in [6.45, 7) is 5.01. The molecule has 1 atom stereocenters. The first-order valence-electron chi connectivity index (χ1n) is 5.80. The number of nitrogens with one attached hydrogen (secondary N) is 1. The molecule has 0 saturated carbocycles. The summed E-state index contributed by atoms with van der Waals surface area (Å²) in [4.78, 5) is 8.28. The van der Waals surface area contributed by atoms with E-state index in [9.17, 15) is 0 Å². The molecule has 2 rings (SSSR count). The van der Waals surface area contributed by atoms with Crippen molar-refractivity contribution in [2.24, 2.45) is 0 Å². The van der Waals surface area contributed by atoms with E-state index in [4.69, 9.17) is 0 Å². The van der Waals surface area contributed by atoms with E-state index in [-0.39, 0.29) is 0 Å². The molecule has 0 aliphatic heterocycles. The van der Waals surface area contributed by atoms with Crippen LogP contribution in [0.5, 0.6) is 0 Å². The van der Waals surface area contributed by atoms with Gasteiger partial charge in [0, 0.05) is 31.2 Å². The minimum atomic E-state index is 0.317. The van der Waals surface area contributed by atoms with E-state index in [1.807, 2.05) is 0 Å². The summed E-state index contributed by atoms with van der Waals surface area (Å²) >= 11 is 0. The quantitative estimate of drug-likeness (QED) is 0.872. The second kappa shape index (κ2) is 5.55. The summed E-state index contributed by atoms with van der Waals surface area (Å²) in [6, 6.07) is 8.86. The zero-order valence-electron chi connectivity index (χ0n) is 10.2. The van der Waals surface area contributed by atoms with Crippen LogP contribution in [-0.4, -0.2) is 9.97 Å². The summed E-state index contributed by atoms with van der Waals surface area (Å²) in [5.74, 6) is 0. The van der Waals surface area contributed by atoms with Crippen molar-refractivity contribution in [3.8, 4) is 0 Å². The fraction of sp³-hybridized carbons (Fsp3) is 0.286. The zero-order chi connectivity index (χ0) is 12.1. The van der Waals surface area contributed by atoms with Gasteiger partial charge in [-0.3, -0.25) is 9.97 Å². The van der Waals surface area contributed by atoms with Crippen molar-refractivity contribution in [2.45, 2.75) is 26.4 Å². The first-order chi connectivity index (χ1) is 8.25. The molecule has 0 bridgehead atoms. The summed E-state index contributed by atoms with van der Waals surface area (Å²) in [5.41, 5.74) is 3.55. The number of aryl methyl sites for hydroxylation is 1. The fourth-order valence-electron chi connectivity index (χ4n) is 1.74. The van der Waals surface area contributed by atoms with Crippen LogP contribution in [0, 0.1) is 6.92 Å². The molecule has 0 aliphatic carbocycles. The van der Waals surface area contributed by atoms with Gasteiger partial charge in [-0.05, 0) is 19.4 Å². The molecule has 0 spiro atoms. The highest BCUT2D eigenvalue weighted by molar-refractivity contribution is 5.24. The molecule has 1 aromatic heterocycles. The number of benzene rings is 1. The second-order valence-electron chi connectivity index (χ2n) is 4.21. The third-order valence-corrected chi connectivity index (χ3v) is 2.75. The van der Waals surface area contributed by atoms with E-state index in [1.54, 1.807) is 18.6 Å². The van der Waals surface area contributed by atoms with Crippen molar-refractivity contribution in [2.75, 3.05) is 0 Å². The van der Waals surface area contributed by atoms with E-state index in [2.05, 4.69) is 53.4 Å². The lowest BCUT2D eigenvalue weighted by molar-refractivity contribution is 0.566. The van der Waals surface area contributed by atoms with Crippen LogP contribution in [0.15, 0.2) is 42.9 Å². The number of hydrogen-bond donors (Lipinski definition) is 1. The Morgan fingerprint density at radius 3 is 2.88 bits per heavy atom. The average Bonchev–Trinajstić information content (AvgIpc) is 2.37. The summed E-state index contributed by atoms with van der Waals surface area (Å²) in [7, 11) is 0. The highest BCUT2D eigenvalue weighted by atomic mass is 14.9. The zero-order valence-corrected chi connectivity index (χ0v) is 10.2. The van der Waals surface area contributed by atoms with Crippen molar-refractivity contribution >= 4 is 0 Å². The Kier molecular flexibility index (Phi) is 3.83. The standard InChI is InChI=1S/C14H17N3/c1-11-4-3-5-13(8-11)12(2)17-10-14-9-15-6-7-16-14/h3-9,12,17H,10H2,1-2H3/t12-/m1/s1. The Balaban J connectivity index is 1.96. The number of aromatic nitrogens is 2. The Hall–Kier alpha value is -1.74. The second-order valence-corrected chi connectivity index (χ2v) is 4.21. The molecule has 17 heavy (non-hydrogen) atoms. The normalized spacial score (nSPS) is 12.4. The fourth-order valence-corrected chi connectivity index (χ4v) is 1.74. The molecule has 3 heteroatoms. The topological polar surface area (TPSA) is 37.8 Å². The van der Waals surface area contributed by atoms with E-state index in [0.717, 1.165) is 12.2 Å². The predicted octanol–water partition coefficient (Wildman–Crippen LogP) is 2.64. The van der Waals surface area contributed by atoms with Crippen LogP contribution in [-0.2, 0) is 6.54 Å². The summed E-state index contributed by atoms with van der Waals surface area (Å²) in [5, 5.41) is 3.44. The Morgan fingerprint density at radius 2 is 2.18 bits per heavy atom. The van der Waals surface area contributed by atoms with E-state index >= 15 is 0 Å². The van der Waals surface area contributed by atoms with Gasteiger partial charge in [0.2, 0.25) is 0 Å². The lowest BCUT2D eigenvalue weighted by Gasteiger charge is -2.14. The van der Waals surface area contributed by atoms with Crippen molar-refractivity contribution in [3.63, 3.8) is 0 Å².